The fraction of sp³-hybridized carbons (Fsp3) is 0.455. The molecule has 2 aromatic heterocycles. The number of anilines is 1. The van der Waals surface area contributed by atoms with Crippen molar-refractivity contribution in [3.8, 4) is 0 Å². The van der Waals surface area contributed by atoms with Crippen molar-refractivity contribution in [3.63, 3.8) is 0 Å². The molecule has 1 atom stereocenters. The molecule has 17 heavy (non-hydrogen) atoms. The van der Waals surface area contributed by atoms with Gasteiger partial charge in [-0.1, -0.05) is 0 Å². The highest BCUT2D eigenvalue weighted by Gasteiger charge is 2.15. The van der Waals surface area contributed by atoms with Crippen molar-refractivity contribution in [1.29, 1.82) is 0 Å². The van der Waals surface area contributed by atoms with Crippen LogP contribution in [-0.4, -0.2) is 33.9 Å². The highest BCUT2D eigenvalue weighted by molar-refractivity contribution is 9.10. The third-order valence-electron chi connectivity index (χ3n) is 2.81. The Balaban J connectivity index is 1.72. The molecule has 1 unspecified atom stereocenters. The van der Waals surface area contributed by atoms with Crippen LogP contribution in [0.2, 0.25) is 0 Å². The summed E-state index contributed by atoms with van der Waals surface area (Å²) in [6.45, 7) is 1.65. The van der Waals surface area contributed by atoms with Gasteiger partial charge in [0, 0.05) is 23.8 Å². The highest BCUT2D eigenvalue weighted by atomic mass is 79.9. The number of halogens is 1. The molecule has 2 aromatic rings. The Hall–Kier alpha value is -1.14. The molecule has 0 spiro atoms. The Bertz CT molecular complexity index is 521. The van der Waals surface area contributed by atoms with Crippen LogP contribution >= 0.6 is 15.9 Å². The summed E-state index contributed by atoms with van der Waals surface area (Å²) in [6, 6.07) is 3.88. The standard InChI is InChI=1S/C11H13BrN4O/c12-8-3-4-10-14-11(15-16(10)7-8)13-6-9-2-1-5-17-9/h3-4,7,9H,1-2,5-6H2,(H,13,15). The zero-order valence-corrected chi connectivity index (χ0v) is 10.9. The lowest BCUT2D eigenvalue weighted by atomic mass is 10.2. The van der Waals surface area contributed by atoms with Gasteiger partial charge in [-0.2, -0.15) is 4.98 Å². The van der Waals surface area contributed by atoms with Crippen molar-refractivity contribution in [2.75, 3.05) is 18.5 Å². The quantitative estimate of drug-likeness (QED) is 0.942. The van der Waals surface area contributed by atoms with E-state index in [0.717, 1.165) is 36.1 Å². The Morgan fingerprint density at radius 2 is 2.47 bits per heavy atom. The van der Waals surface area contributed by atoms with Crippen LogP contribution in [0.4, 0.5) is 5.95 Å². The first-order valence-corrected chi connectivity index (χ1v) is 6.48. The minimum atomic E-state index is 0.299. The SMILES string of the molecule is Brc1ccc2nc(NCC3CCCO3)nn2c1. The Morgan fingerprint density at radius 1 is 1.53 bits per heavy atom. The first-order chi connectivity index (χ1) is 8.31. The molecule has 3 heterocycles. The molecule has 0 radical (unpaired) electrons. The van der Waals surface area contributed by atoms with Gasteiger partial charge in [0.15, 0.2) is 5.65 Å². The van der Waals surface area contributed by atoms with Crippen molar-refractivity contribution >= 4 is 27.5 Å². The molecule has 90 valence electrons. The van der Waals surface area contributed by atoms with Crippen LogP contribution in [0.15, 0.2) is 22.8 Å². The van der Waals surface area contributed by atoms with Gasteiger partial charge in [0.05, 0.1) is 6.10 Å². The third kappa shape index (κ3) is 2.42. The Morgan fingerprint density at radius 3 is 3.29 bits per heavy atom. The van der Waals surface area contributed by atoms with Gasteiger partial charge in [-0.3, -0.25) is 0 Å². The molecule has 0 amide bonds. The maximum Gasteiger partial charge on any atom is 0.243 e. The summed E-state index contributed by atoms with van der Waals surface area (Å²) < 4.78 is 8.27. The summed E-state index contributed by atoms with van der Waals surface area (Å²) in [4.78, 5) is 4.38. The molecule has 1 fully saturated rings. The minimum absolute atomic E-state index is 0.299. The molecule has 5 nitrogen and oxygen atoms in total. The largest absolute Gasteiger partial charge is 0.376 e. The number of ether oxygens (including phenoxy) is 1. The average molecular weight is 297 g/mol. The smallest absolute Gasteiger partial charge is 0.243 e. The third-order valence-corrected chi connectivity index (χ3v) is 3.28. The van der Waals surface area contributed by atoms with Gasteiger partial charge in [-0.05, 0) is 40.9 Å². The van der Waals surface area contributed by atoms with Crippen LogP contribution in [-0.2, 0) is 4.74 Å². The molecular formula is C11H13BrN4O. The van der Waals surface area contributed by atoms with Crippen LogP contribution in [0.25, 0.3) is 5.65 Å². The Labute approximate surface area is 107 Å². The molecule has 0 bridgehead atoms. The van der Waals surface area contributed by atoms with Crippen molar-refractivity contribution in [2.24, 2.45) is 0 Å². The van der Waals surface area contributed by atoms with Crippen LogP contribution < -0.4 is 5.32 Å². The first-order valence-electron chi connectivity index (χ1n) is 5.69. The van der Waals surface area contributed by atoms with E-state index in [1.54, 1.807) is 4.52 Å². The van der Waals surface area contributed by atoms with Gasteiger partial charge in [-0.25, -0.2) is 4.52 Å². The second-order valence-electron chi connectivity index (χ2n) is 4.10. The van der Waals surface area contributed by atoms with E-state index >= 15 is 0 Å². The summed E-state index contributed by atoms with van der Waals surface area (Å²) in [6.07, 6.45) is 4.46. The topological polar surface area (TPSA) is 51.5 Å². The number of rotatable bonds is 3. The van der Waals surface area contributed by atoms with Gasteiger partial charge in [0.25, 0.3) is 0 Å². The number of nitrogens with zero attached hydrogens (tertiary/aromatic N) is 3. The van der Waals surface area contributed by atoms with E-state index < -0.39 is 0 Å². The summed E-state index contributed by atoms with van der Waals surface area (Å²) in [7, 11) is 0. The van der Waals surface area contributed by atoms with E-state index in [9.17, 15) is 0 Å². The fourth-order valence-electron chi connectivity index (χ4n) is 1.94. The van der Waals surface area contributed by atoms with E-state index in [1.165, 1.54) is 0 Å². The predicted octanol–water partition coefficient (Wildman–Crippen LogP) is 2.08. The normalized spacial score (nSPS) is 19.9. The van der Waals surface area contributed by atoms with E-state index in [4.69, 9.17) is 4.74 Å². The molecular weight excluding hydrogens is 284 g/mol. The van der Waals surface area contributed by atoms with Crippen molar-refractivity contribution in [3.05, 3.63) is 22.8 Å². The molecule has 3 rings (SSSR count). The fourth-order valence-corrected chi connectivity index (χ4v) is 2.27. The molecule has 1 aliphatic heterocycles. The zero-order chi connectivity index (χ0) is 11.7. The van der Waals surface area contributed by atoms with Crippen LogP contribution in [0, 0.1) is 0 Å². The molecule has 0 aliphatic carbocycles. The second-order valence-corrected chi connectivity index (χ2v) is 5.02. The second kappa shape index (κ2) is 4.62. The number of hydrogen-bond donors (Lipinski definition) is 1. The Kier molecular flexibility index (Phi) is 2.98. The van der Waals surface area contributed by atoms with E-state index in [0.29, 0.717) is 12.1 Å². The van der Waals surface area contributed by atoms with Crippen molar-refractivity contribution in [1.82, 2.24) is 14.6 Å². The summed E-state index contributed by atoms with van der Waals surface area (Å²) in [5.74, 6) is 0.651. The maximum absolute atomic E-state index is 5.54. The number of pyridine rings is 1. The molecule has 6 heteroatoms. The van der Waals surface area contributed by atoms with Gasteiger partial charge in [-0.15, -0.1) is 5.10 Å². The monoisotopic (exact) mass is 296 g/mol. The van der Waals surface area contributed by atoms with Crippen LogP contribution in [0.5, 0.6) is 0 Å². The number of hydrogen-bond acceptors (Lipinski definition) is 4. The van der Waals surface area contributed by atoms with Gasteiger partial charge in [0.1, 0.15) is 0 Å². The molecule has 1 N–H and O–H groups in total. The summed E-state index contributed by atoms with van der Waals surface area (Å²) in [5.41, 5.74) is 0.836. The summed E-state index contributed by atoms with van der Waals surface area (Å²) in [5, 5.41) is 7.56. The number of nitrogens with one attached hydrogen (secondary N) is 1. The predicted molar refractivity (Wildman–Crippen MR) is 68.2 cm³/mol. The lowest BCUT2D eigenvalue weighted by Crippen LogP contribution is -2.18. The first kappa shape index (κ1) is 11.0. The molecule has 0 aromatic carbocycles. The van der Waals surface area contributed by atoms with Crippen LogP contribution in [0.3, 0.4) is 0 Å². The average Bonchev–Trinajstić information content (AvgIpc) is 2.94. The van der Waals surface area contributed by atoms with Crippen molar-refractivity contribution < 1.29 is 4.74 Å². The van der Waals surface area contributed by atoms with E-state index in [-0.39, 0.29) is 0 Å². The maximum atomic E-state index is 5.54. The lowest BCUT2D eigenvalue weighted by Gasteiger charge is -2.08. The van der Waals surface area contributed by atoms with Gasteiger partial charge < -0.3 is 10.1 Å². The number of aromatic nitrogens is 3. The zero-order valence-electron chi connectivity index (χ0n) is 9.27. The van der Waals surface area contributed by atoms with E-state index in [2.05, 4.69) is 31.3 Å². The summed E-state index contributed by atoms with van der Waals surface area (Å²) >= 11 is 3.41. The molecule has 1 saturated heterocycles. The van der Waals surface area contributed by atoms with Gasteiger partial charge >= 0.3 is 0 Å². The molecule has 0 saturated carbocycles. The van der Waals surface area contributed by atoms with Crippen molar-refractivity contribution in [2.45, 2.75) is 18.9 Å². The minimum Gasteiger partial charge on any atom is -0.376 e. The molecule has 1 aliphatic rings. The van der Waals surface area contributed by atoms with E-state index in [1.807, 2.05) is 18.3 Å². The van der Waals surface area contributed by atoms with Gasteiger partial charge in [0.2, 0.25) is 5.95 Å². The number of fused-ring (bicyclic) bond motifs is 1. The highest BCUT2D eigenvalue weighted by Crippen LogP contribution is 2.14. The lowest BCUT2D eigenvalue weighted by molar-refractivity contribution is 0.120. The van der Waals surface area contributed by atoms with Crippen LogP contribution in [0.1, 0.15) is 12.8 Å².